The van der Waals surface area contributed by atoms with Crippen molar-refractivity contribution in [1.29, 1.82) is 0 Å². The molecule has 18 heavy (non-hydrogen) atoms. The van der Waals surface area contributed by atoms with E-state index >= 15 is 0 Å². The summed E-state index contributed by atoms with van der Waals surface area (Å²) in [6.07, 6.45) is 1.71. The molecule has 102 valence electrons. The van der Waals surface area contributed by atoms with Crippen molar-refractivity contribution in [3.8, 4) is 0 Å². The number of amides is 1. The summed E-state index contributed by atoms with van der Waals surface area (Å²) in [6, 6.07) is 0.145. The molecule has 1 rings (SSSR count). The lowest BCUT2D eigenvalue weighted by atomic mass is 10.1. The summed E-state index contributed by atoms with van der Waals surface area (Å²) >= 11 is 0. The minimum Gasteiger partial charge on any atom is -0.396 e. The number of aryl methyl sites for hydroxylation is 1. The van der Waals surface area contributed by atoms with Crippen molar-refractivity contribution in [1.82, 2.24) is 14.7 Å². The lowest BCUT2D eigenvalue weighted by Crippen LogP contribution is -2.40. The quantitative estimate of drug-likeness (QED) is 0.871. The number of anilines is 1. The van der Waals surface area contributed by atoms with Crippen LogP contribution in [0.25, 0.3) is 0 Å². The average molecular weight is 252 g/mol. The maximum Gasteiger partial charge on any atom is 0.276 e. The van der Waals surface area contributed by atoms with Crippen LogP contribution < -0.4 is 5.73 Å². The Bertz CT molecular complexity index is 409. The highest BCUT2D eigenvalue weighted by molar-refractivity contribution is 5.97. The molecule has 0 aromatic carbocycles. The van der Waals surface area contributed by atoms with Gasteiger partial charge in [-0.1, -0.05) is 13.8 Å². The van der Waals surface area contributed by atoms with Gasteiger partial charge in [-0.15, -0.1) is 0 Å². The van der Waals surface area contributed by atoms with Crippen LogP contribution in [-0.4, -0.2) is 33.2 Å². The summed E-state index contributed by atoms with van der Waals surface area (Å²) in [5, 5.41) is 4.24. The first-order chi connectivity index (χ1) is 8.36. The average Bonchev–Trinajstić information content (AvgIpc) is 2.66. The van der Waals surface area contributed by atoms with Crippen molar-refractivity contribution in [3.05, 3.63) is 11.9 Å². The van der Waals surface area contributed by atoms with Gasteiger partial charge in [0.2, 0.25) is 0 Å². The molecule has 0 saturated carbocycles. The number of aromatic nitrogens is 2. The Morgan fingerprint density at radius 1 is 1.44 bits per heavy atom. The molecule has 2 N–H and O–H groups in total. The van der Waals surface area contributed by atoms with Crippen LogP contribution in [0.2, 0.25) is 0 Å². The first kappa shape index (κ1) is 14.5. The van der Waals surface area contributed by atoms with Crippen LogP contribution in [-0.2, 0) is 6.54 Å². The van der Waals surface area contributed by atoms with Gasteiger partial charge in [0.15, 0.2) is 5.69 Å². The number of nitrogens with zero attached hydrogens (tertiary/aromatic N) is 3. The monoisotopic (exact) mass is 252 g/mol. The van der Waals surface area contributed by atoms with Crippen molar-refractivity contribution >= 4 is 11.6 Å². The molecule has 0 aliphatic carbocycles. The predicted octanol–water partition coefficient (Wildman–Crippen LogP) is 1.99. The van der Waals surface area contributed by atoms with E-state index < -0.39 is 0 Å². The van der Waals surface area contributed by atoms with Crippen LogP contribution in [0.3, 0.4) is 0 Å². The minimum atomic E-state index is -0.0802. The number of rotatable bonds is 5. The standard InChI is InChI=1S/C13H24N4O/c1-6-16-8-11(14)12(15-16)13(18)17(10(4)5)7-9(2)3/h8-10H,6-7,14H2,1-5H3. The zero-order chi connectivity index (χ0) is 13.9. The predicted molar refractivity (Wildman–Crippen MR) is 73.3 cm³/mol. The smallest absolute Gasteiger partial charge is 0.276 e. The molecule has 0 bridgehead atoms. The highest BCUT2D eigenvalue weighted by Crippen LogP contribution is 2.15. The Morgan fingerprint density at radius 3 is 2.44 bits per heavy atom. The largest absolute Gasteiger partial charge is 0.396 e. The summed E-state index contributed by atoms with van der Waals surface area (Å²) < 4.78 is 1.69. The molecule has 0 atom stereocenters. The van der Waals surface area contributed by atoms with Gasteiger partial charge in [0.1, 0.15) is 0 Å². The van der Waals surface area contributed by atoms with Crippen molar-refractivity contribution in [2.24, 2.45) is 5.92 Å². The van der Waals surface area contributed by atoms with Crippen LogP contribution in [0.5, 0.6) is 0 Å². The first-order valence-corrected chi connectivity index (χ1v) is 6.50. The normalized spacial score (nSPS) is 11.3. The van der Waals surface area contributed by atoms with Gasteiger partial charge in [-0.3, -0.25) is 9.48 Å². The molecule has 1 aromatic heterocycles. The topological polar surface area (TPSA) is 64.2 Å². The first-order valence-electron chi connectivity index (χ1n) is 6.50. The van der Waals surface area contributed by atoms with Crippen LogP contribution >= 0.6 is 0 Å². The molecular formula is C13H24N4O. The number of nitrogens with two attached hydrogens (primary N) is 1. The number of hydrogen-bond acceptors (Lipinski definition) is 3. The third-order valence-corrected chi connectivity index (χ3v) is 2.76. The molecule has 0 unspecified atom stereocenters. The van der Waals surface area contributed by atoms with Gasteiger partial charge in [0, 0.05) is 25.3 Å². The van der Waals surface area contributed by atoms with E-state index in [1.807, 2.05) is 25.7 Å². The number of carbonyl (C=O) groups is 1. The van der Waals surface area contributed by atoms with E-state index in [0.717, 1.165) is 6.54 Å². The van der Waals surface area contributed by atoms with Gasteiger partial charge in [-0.05, 0) is 26.7 Å². The third kappa shape index (κ3) is 3.24. The van der Waals surface area contributed by atoms with E-state index in [0.29, 0.717) is 23.8 Å². The van der Waals surface area contributed by atoms with E-state index in [9.17, 15) is 4.79 Å². The van der Waals surface area contributed by atoms with Crippen LogP contribution in [0.1, 0.15) is 45.1 Å². The molecule has 1 aromatic rings. The zero-order valence-electron chi connectivity index (χ0n) is 12.0. The molecule has 0 spiro atoms. The van der Waals surface area contributed by atoms with E-state index in [4.69, 9.17) is 5.73 Å². The Labute approximate surface area is 109 Å². The van der Waals surface area contributed by atoms with Gasteiger partial charge in [0.05, 0.1) is 5.69 Å². The Morgan fingerprint density at radius 2 is 2.06 bits per heavy atom. The summed E-state index contributed by atoms with van der Waals surface area (Å²) in [5.74, 6) is 0.342. The Balaban J connectivity index is 2.97. The molecule has 0 aliphatic rings. The molecule has 5 nitrogen and oxygen atoms in total. The highest BCUT2D eigenvalue weighted by Gasteiger charge is 2.24. The fraction of sp³-hybridized carbons (Fsp3) is 0.692. The molecule has 0 fully saturated rings. The van der Waals surface area contributed by atoms with Gasteiger partial charge < -0.3 is 10.6 Å². The number of hydrogen-bond donors (Lipinski definition) is 1. The van der Waals surface area contributed by atoms with E-state index in [1.54, 1.807) is 10.9 Å². The fourth-order valence-electron chi connectivity index (χ4n) is 1.82. The lowest BCUT2D eigenvalue weighted by molar-refractivity contribution is 0.0676. The minimum absolute atomic E-state index is 0.0802. The maximum absolute atomic E-state index is 12.4. The molecular weight excluding hydrogens is 228 g/mol. The Kier molecular flexibility index (Phi) is 4.76. The van der Waals surface area contributed by atoms with Gasteiger partial charge in [-0.25, -0.2) is 0 Å². The van der Waals surface area contributed by atoms with Crippen LogP contribution in [0.15, 0.2) is 6.20 Å². The third-order valence-electron chi connectivity index (χ3n) is 2.76. The van der Waals surface area contributed by atoms with Crippen molar-refractivity contribution in [3.63, 3.8) is 0 Å². The summed E-state index contributed by atoms with van der Waals surface area (Å²) in [4.78, 5) is 14.3. The van der Waals surface area contributed by atoms with E-state index in [1.165, 1.54) is 0 Å². The van der Waals surface area contributed by atoms with Crippen molar-refractivity contribution in [2.45, 2.75) is 47.2 Å². The summed E-state index contributed by atoms with van der Waals surface area (Å²) in [5.41, 5.74) is 6.68. The van der Waals surface area contributed by atoms with Crippen LogP contribution in [0, 0.1) is 5.92 Å². The SMILES string of the molecule is CCn1cc(N)c(C(=O)N(CC(C)C)C(C)C)n1. The van der Waals surface area contributed by atoms with Crippen molar-refractivity contribution in [2.75, 3.05) is 12.3 Å². The van der Waals surface area contributed by atoms with Gasteiger partial charge >= 0.3 is 0 Å². The molecule has 0 aliphatic heterocycles. The van der Waals surface area contributed by atoms with Crippen LogP contribution in [0.4, 0.5) is 5.69 Å². The second-order valence-electron chi connectivity index (χ2n) is 5.23. The highest BCUT2D eigenvalue weighted by atomic mass is 16.2. The summed E-state index contributed by atoms with van der Waals surface area (Å²) in [7, 11) is 0. The molecule has 5 heteroatoms. The lowest BCUT2D eigenvalue weighted by Gasteiger charge is -2.27. The molecule has 0 radical (unpaired) electrons. The summed E-state index contributed by atoms with van der Waals surface area (Å²) in [6.45, 7) is 11.6. The molecule has 1 amide bonds. The van der Waals surface area contributed by atoms with Gasteiger partial charge in [-0.2, -0.15) is 5.10 Å². The Hall–Kier alpha value is -1.52. The zero-order valence-corrected chi connectivity index (χ0v) is 12.0. The number of carbonyl (C=O) groups excluding carboxylic acids is 1. The second kappa shape index (κ2) is 5.89. The van der Waals surface area contributed by atoms with Crippen molar-refractivity contribution < 1.29 is 4.79 Å². The second-order valence-corrected chi connectivity index (χ2v) is 5.23. The fourth-order valence-corrected chi connectivity index (χ4v) is 1.82. The number of nitrogen functional groups attached to an aromatic ring is 1. The maximum atomic E-state index is 12.4. The van der Waals surface area contributed by atoms with E-state index in [-0.39, 0.29) is 11.9 Å². The van der Waals surface area contributed by atoms with Gasteiger partial charge in [0.25, 0.3) is 5.91 Å². The molecule has 1 heterocycles. The molecule has 0 saturated heterocycles. The van der Waals surface area contributed by atoms with E-state index in [2.05, 4.69) is 18.9 Å².